The molecule has 0 spiro atoms. The molecule has 8 nitrogen and oxygen atoms in total. The number of carbonyl (C=O) groups excluding carboxylic acids is 3. The summed E-state index contributed by atoms with van der Waals surface area (Å²) in [5.41, 5.74) is 2.11. The summed E-state index contributed by atoms with van der Waals surface area (Å²) in [6.07, 6.45) is 1.41. The summed E-state index contributed by atoms with van der Waals surface area (Å²) in [5, 5.41) is 7.49. The minimum Gasteiger partial charge on any atom is -0.493 e. The zero-order valence-electron chi connectivity index (χ0n) is 16.3. The van der Waals surface area contributed by atoms with E-state index in [1.165, 1.54) is 13.2 Å². The van der Waals surface area contributed by atoms with Crippen LogP contribution in [-0.4, -0.2) is 36.6 Å². The van der Waals surface area contributed by atoms with E-state index in [0.717, 1.165) is 5.56 Å². The predicted molar refractivity (Wildman–Crippen MR) is 115 cm³/mol. The van der Waals surface area contributed by atoms with Crippen LogP contribution in [0.4, 0.5) is 5.69 Å². The van der Waals surface area contributed by atoms with Crippen molar-refractivity contribution in [3.8, 4) is 11.5 Å². The van der Waals surface area contributed by atoms with Gasteiger partial charge < -0.3 is 14.8 Å². The van der Waals surface area contributed by atoms with Crippen LogP contribution in [0, 0.1) is 6.92 Å². The van der Waals surface area contributed by atoms with Gasteiger partial charge >= 0.3 is 0 Å². The number of methoxy groups -OCH3 is 1. The maximum atomic E-state index is 12.2. The average Bonchev–Trinajstić information content (AvgIpc) is 2.71. The zero-order valence-corrected chi connectivity index (χ0v) is 17.1. The SMILES string of the molecule is COc1cc(C=C2C(=O)NC(=S)NC2=O)ccc1OCC(=O)Nc1ccccc1C. The van der Waals surface area contributed by atoms with Gasteiger partial charge in [-0.05, 0) is 54.5 Å². The molecule has 9 heteroatoms. The third-order valence-electron chi connectivity index (χ3n) is 4.22. The largest absolute Gasteiger partial charge is 0.493 e. The van der Waals surface area contributed by atoms with Crippen molar-refractivity contribution in [1.82, 2.24) is 10.6 Å². The van der Waals surface area contributed by atoms with Crippen molar-refractivity contribution >= 4 is 46.8 Å². The quantitative estimate of drug-likeness (QED) is 0.371. The summed E-state index contributed by atoms with van der Waals surface area (Å²) in [5.74, 6) is -0.797. The second-order valence-corrected chi connectivity index (χ2v) is 6.77. The Balaban J connectivity index is 1.70. The van der Waals surface area contributed by atoms with E-state index in [1.807, 2.05) is 25.1 Å². The number of benzene rings is 2. The second kappa shape index (κ2) is 9.19. The molecule has 3 N–H and O–H groups in total. The van der Waals surface area contributed by atoms with Crippen molar-refractivity contribution in [3.05, 3.63) is 59.2 Å². The van der Waals surface area contributed by atoms with E-state index in [9.17, 15) is 14.4 Å². The van der Waals surface area contributed by atoms with Gasteiger partial charge in [0.05, 0.1) is 7.11 Å². The predicted octanol–water partition coefficient (Wildman–Crippen LogP) is 1.94. The molecule has 0 radical (unpaired) electrons. The minimum absolute atomic E-state index is 0.0348. The first-order chi connectivity index (χ1) is 14.4. The molecule has 3 amide bonds. The zero-order chi connectivity index (χ0) is 21.7. The lowest BCUT2D eigenvalue weighted by Crippen LogP contribution is -2.51. The van der Waals surface area contributed by atoms with E-state index in [2.05, 4.69) is 16.0 Å². The topological polar surface area (TPSA) is 106 Å². The van der Waals surface area contributed by atoms with Crippen LogP contribution in [-0.2, 0) is 14.4 Å². The van der Waals surface area contributed by atoms with Crippen LogP contribution in [0.3, 0.4) is 0 Å². The van der Waals surface area contributed by atoms with Crippen LogP contribution in [0.1, 0.15) is 11.1 Å². The lowest BCUT2D eigenvalue weighted by molar-refractivity contribution is -0.123. The summed E-state index contributed by atoms with van der Waals surface area (Å²) >= 11 is 4.77. The standard InChI is InChI=1S/C21H19N3O5S/c1-12-5-3-4-6-15(12)22-18(25)11-29-16-8-7-13(10-17(16)28-2)9-14-19(26)23-21(30)24-20(14)27/h3-10H,11H2,1-2H3,(H,22,25)(H2,23,24,26,27,30). The number of rotatable bonds is 6. The monoisotopic (exact) mass is 425 g/mol. The van der Waals surface area contributed by atoms with Crippen molar-refractivity contribution in [2.24, 2.45) is 0 Å². The Morgan fingerprint density at radius 1 is 1.10 bits per heavy atom. The minimum atomic E-state index is -0.587. The Morgan fingerprint density at radius 3 is 2.47 bits per heavy atom. The first kappa shape index (κ1) is 21.0. The van der Waals surface area contributed by atoms with Gasteiger partial charge in [0.2, 0.25) is 0 Å². The molecule has 1 heterocycles. The molecule has 154 valence electrons. The Labute approximate surface area is 178 Å². The number of para-hydroxylation sites is 1. The summed E-state index contributed by atoms with van der Waals surface area (Å²) in [6, 6.07) is 12.2. The highest BCUT2D eigenvalue weighted by Gasteiger charge is 2.25. The molecule has 3 rings (SSSR count). The van der Waals surface area contributed by atoms with Crippen LogP contribution in [0.15, 0.2) is 48.0 Å². The third kappa shape index (κ3) is 5.00. The van der Waals surface area contributed by atoms with E-state index in [0.29, 0.717) is 22.7 Å². The summed E-state index contributed by atoms with van der Waals surface area (Å²) in [7, 11) is 1.45. The molecular formula is C21H19N3O5S. The molecule has 1 saturated heterocycles. The van der Waals surface area contributed by atoms with E-state index in [4.69, 9.17) is 21.7 Å². The van der Waals surface area contributed by atoms with E-state index in [1.54, 1.807) is 24.3 Å². The van der Waals surface area contributed by atoms with Crippen LogP contribution < -0.4 is 25.4 Å². The van der Waals surface area contributed by atoms with Crippen molar-refractivity contribution in [1.29, 1.82) is 0 Å². The van der Waals surface area contributed by atoms with Crippen molar-refractivity contribution < 1.29 is 23.9 Å². The van der Waals surface area contributed by atoms with Gasteiger partial charge in [-0.2, -0.15) is 0 Å². The number of amides is 3. The molecule has 0 atom stereocenters. The van der Waals surface area contributed by atoms with Crippen molar-refractivity contribution in [2.45, 2.75) is 6.92 Å². The highest BCUT2D eigenvalue weighted by atomic mass is 32.1. The molecule has 1 aliphatic heterocycles. The van der Waals surface area contributed by atoms with E-state index in [-0.39, 0.29) is 23.2 Å². The summed E-state index contributed by atoms with van der Waals surface area (Å²) in [6.45, 7) is 1.68. The van der Waals surface area contributed by atoms with Gasteiger partial charge in [0.25, 0.3) is 17.7 Å². The Hall–Kier alpha value is -3.72. The smallest absolute Gasteiger partial charge is 0.263 e. The number of ether oxygens (including phenoxy) is 2. The lowest BCUT2D eigenvalue weighted by atomic mass is 10.1. The maximum Gasteiger partial charge on any atom is 0.263 e. The molecule has 1 aliphatic rings. The molecule has 1 fully saturated rings. The highest BCUT2D eigenvalue weighted by molar-refractivity contribution is 7.80. The lowest BCUT2D eigenvalue weighted by Gasteiger charge is -2.16. The number of carbonyl (C=O) groups is 3. The molecule has 0 aliphatic carbocycles. The van der Waals surface area contributed by atoms with Gasteiger partial charge in [-0.1, -0.05) is 24.3 Å². The van der Waals surface area contributed by atoms with Gasteiger partial charge in [-0.15, -0.1) is 0 Å². The molecule has 30 heavy (non-hydrogen) atoms. The Morgan fingerprint density at radius 2 is 1.80 bits per heavy atom. The van der Waals surface area contributed by atoms with Crippen LogP contribution >= 0.6 is 12.2 Å². The van der Waals surface area contributed by atoms with Crippen LogP contribution in [0.25, 0.3) is 6.08 Å². The Bertz CT molecular complexity index is 1040. The average molecular weight is 425 g/mol. The van der Waals surface area contributed by atoms with Crippen LogP contribution in [0.5, 0.6) is 11.5 Å². The highest BCUT2D eigenvalue weighted by Crippen LogP contribution is 2.29. The van der Waals surface area contributed by atoms with Gasteiger partial charge in [-0.3, -0.25) is 25.0 Å². The van der Waals surface area contributed by atoms with Gasteiger partial charge in [0.1, 0.15) is 5.57 Å². The number of hydrogen-bond acceptors (Lipinski definition) is 6. The first-order valence-corrected chi connectivity index (χ1v) is 9.33. The van der Waals surface area contributed by atoms with Gasteiger partial charge in [-0.25, -0.2) is 0 Å². The summed E-state index contributed by atoms with van der Waals surface area (Å²) < 4.78 is 10.9. The normalized spacial score (nSPS) is 13.3. The number of thiocarbonyl (C=S) groups is 1. The first-order valence-electron chi connectivity index (χ1n) is 8.92. The number of anilines is 1. The molecular weight excluding hydrogens is 406 g/mol. The Kier molecular flexibility index (Phi) is 6.43. The molecule has 2 aromatic carbocycles. The fourth-order valence-electron chi connectivity index (χ4n) is 2.71. The second-order valence-electron chi connectivity index (χ2n) is 6.36. The van der Waals surface area contributed by atoms with E-state index < -0.39 is 11.8 Å². The molecule has 0 aromatic heterocycles. The van der Waals surface area contributed by atoms with E-state index >= 15 is 0 Å². The molecule has 2 aromatic rings. The van der Waals surface area contributed by atoms with Crippen molar-refractivity contribution in [3.63, 3.8) is 0 Å². The van der Waals surface area contributed by atoms with Crippen LogP contribution in [0.2, 0.25) is 0 Å². The molecule has 0 unspecified atom stereocenters. The fraction of sp³-hybridized carbons (Fsp3) is 0.143. The fourth-order valence-corrected chi connectivity index (χ4v) is 2.89. The maximum absolute atomic E-state index is 12.2. The number of hydrogen-bond donors (Lipinski definition) is 3. The van der Waals surface area contributed by atoms with Gasteiger partial charge in [0.15, 0.2) is 23.2 Å². The number of nitrogens with one attached hydrogen (secondary N) is 3. The van der Waals surface area contributed by atoms with Crippen molar-refractivity contribution in [2.75, 3.05) is 19.0 Å². The third-order valence-corrected chi connectivity index (χ3v) is 4.42. The number of aryl methyl sites for hydroxylation is 1. The summed E-state index contributed by atoms with van der Waals surface area (Å²) in [4.78, 5) is 36.1. The molecule has 0 bridgehead atoms. The van der Waals surface area contributed by atoms with Gasteiger partial charge in [0, 0.05) is 5.69 Å². The molecule has 0 saturated carbocycles.